The average Bonchev–Trinajstić information content (AvgIpc) is 2.57. The zero-order valence-electron chi connectivity index (χ0n) is 13.5. The Balaban J connectivity index is 2.16. The summed E-state index contributed by atoms with van der Waals surface area (Å²) in [5.74, 6) is -0.485. The Morgan fingerprint density at radius 2 is 1.61 bits per heavy atom. The molecule has 0 aliphatic heterocycles. The summed E-state index contributed by atoms with van der Waals surface area (Å²) < 4.78 is -1.34. The number of hydrogen-bond acceptors (Lipinski definition) is 2. The molecule has 150 valence electrons. The van der Waals surface area contributed by atoms with Crippen molar-refractivity contribution in [2.45, 2.75) is 9.96 Å². The van der Waals surface area contributed by atoms with Gasteiger partial charge in [-0.3, -0.25) is 4.79 Å². The fraction of sp³-hybridized carbons (Fsp3) is 0.125. The van der Waals surface area contributed by atoms with Crippen molar-refractivity contribution in [3.05, 3.63) is 61.5 Å². The van der Waals surface area contributed by atoms with Crippen molar-refractivity contribution in [3.8, 4) is 0 Å². The zero-order chi connectivity index (χ0) is 21.1. The number of benzene rings is 2. The van der Waals surface area contributed by atoms with Crippen molar-refractivity contribution in [1.29, 1.82) is 0 Å². The van der Waals surface area contributed by atoms with Gasteiger partial charge in [0, 0.05) is 9.50 Å². The Kier molecular flexibility index (Phi) is 8.80. The summed E-state index contributed by atoms with van der Waals surface area (Å²) in [6, 6.07) is 9.77. The molecule has 2 aromatic carbocycles. The molecule has 0 bridgehead atoms. The molecule has 0 fully saturated rings. The molecule has 1 atom stereocenters. The van der Waals surface area contributed by atoms with Gasteiger partial charge in [-0.1, -0.05) is 81.7 Å². The Morgan fingerprint density at radius 1 is 1.04 bits per heavy atom. The van der Waals surface area contributed by atoms with Crippen molar-refractivity contribution in [1.82, 2.24) is 10.6 Å². The number of carbonyl (C=O) groups is 1. The number of anilines is 1. The number of carbonyl (C=O) groups excluding carboxylic acids is 1. The van der Waals surface area contributed by atoms with Gasteiger partial charge in [0.25, 0.3) is 5.91 Å². The van der Waals surface area contributed by atoms with Gasteiger partial charge in [0.15, 0.2) is 5.11 Å². The summed E-state index contributed by atoms with van der Waals surface area (Å²) in [4.78, 5) is 12.5. The van der Waals surface area contributed by atoms with Gasteiger partial charge in [0.2, 0.25) is 3.79 Å². The van der Waals surface area contributed by atoms with Crippen LogP contribution in [0.25, 0.3) is 0 Å². The first-order valence-corrected chi connectivity index (χ1v) is 10.8. The fourth-order valence-electron chi connectivity index (χ4n) is 2.00. The topological polar surface area (TPSA) is 53.2 Å². The van der Waals surface area contributed by atoms with Crippen LogP contribution in [0.5, 0.6) is 0 Å². The van der Waals surface area contributed by atoms with Gasteiger partial charge in [-0.25, -0.2) is 0 Å². The molecule has 0 saturated carbocycles. The van der Waals surface area contributed by atoms with Gasteiger partial charge in [-0.15, -0.1) is 0 Å². The van der Waals surface area contributed by atoms with E-state index >= 15 is 0 Å². The van der Waals surface area contributed by atoms with Gasteiger partial charge < -0.3 is 16.0 Å². The molecule has 4 nitrogen and oxygen atoms in total. The number of thiocarbonyl (C=S) groups is 1. The lowest BCUT2D eigenvalue weighted by Crippen LogP contribution is -2.56. The highest BCUT2D eigenvalue weighted by atomic mass is 79.9. The Labute approximate surface area is 205 Å². The van der Waals surface area contributed by atoms with Crippen LogP contribution in [0.3, 0.4) is 0 Å². The summed E-state index contributed by atoms with van der Waals surface area (Å²) in [5, 5.41) is 8.94. The zero-order valence-corrected chi connectivity index (χ0v) is 20.4. The van der Waals surface area contributed by atoms with Crippen LogP contribution in [0.4, 0.5) is 5.69 Å². The molecule has 28 heavy (non-hydrogen) atoms. The van der Waals surface area contributed by atoms with E-state index in [2.05, 4.69) is 31.9 Å². The maximum absolute atomic E-state index is 12.5. The molecule has 2 rings (SSSR count). The van der Waals surface area contributed by atoms with Gasteiger partial charge in [-0.2, -0.15) is 0 Å². The van der Waals surface area contributed by atoms with Crippen molar-refractivity contribution in [2.75, 3.05) is 5.32 Å². The van der Waals surface area contributed by atoms with E-state index in [0.717, 1.165) is 0 Å². The van der Waals surface area contributed by atoms with E-state index < -0.39 is 15.9 Å². The average molecular weight is 585 g/mol. The van der Waals surface area contributed by atoms with Crippen LogP contribution in [0.2, 0.25) is 15.1 Å². The molecule has 0 aromatic heterocycles. The number of nitrogens with one attached hydrogen (secondary N) is 3. The van der Waals surface area contributed by atoms with E-state index in [9.17, 15) is 4.79 Å². The summed E-state index contributed by atoms with van der Waals surface area (Å²) >= 11 is 44.6. The standard InChI is InChI=1S/C16H10BrCl6N3OS/c17-9-4-2-1-3-8(9)13(27)25-14(16(21,22)23)26-15(28)24-12-10(19)5-7(18)6-11(12)20/h1-6,14H,(H,25,27)(H2,24,26,28). The van der Waals surface area contributed by atoms with Crippen molar-refractivity contribution in [2.24, 2.45) is 0 Å². The third kappa shape index (κ3) is 6.67. The highest BCUT2D eigenvalue weighted by Crippen LogP contribution is 2.34. The number of rotatable bonds is 4. The van der Waals surface area contributed by atoms with Gasteiger partial charge >= 0.3 is 0 Å². The number of alkyl halides is 3. The van der Waals surface area contributed by atoms with Gasteiger partial charge in [-0.05, 0) is 52.4 Å². The predicted molar refractivity (Wildman–Crippen MR) is 127 cm³/mol. The SMILES string of the molecule is O=C(NC(NC(=S)Nc1c(Cl)cc(Cl)cc1Cl)C(Cl)(Cl)Cl)c1ccccc1Br. The Bertz CT molecular complexity index is 885. The number of halogens is 7. The summed E-state index contributed by atoms with van der Waals surface area (Å²) in [6.07, 6.45) is -1.16. The lowest BCUT2D eigenvalue weighted by atomic mass is 10.2. The molecule has 0 spiro atoms. The van der Waals surface area contributed by atoms with E-state index in [4.69, 9.17) is 81.8 Å². The molecule has 12 heteroatoms. The van der Waals surface area contributed by atoms with E-state index in [0.29, 0.717) is 20.7 Å². The van der Waals surface area contributed by atoms with Crippen LogP contribution in [0, 0.1) is 0 Å². The monoisotopic (exact) mass is 581 g/mol. The quantitative estimate of drug-likeness (QED) is 0.210. The van der Waals surface area contributed by atoms with Crippen molar-refractivity contribution >= 4 is 114 Å². The summed E-state index contributed by atoms with van der Waals surface area (Å²) in [5.41, 5.74) is 0.664. The second kappa shape index (κ2) is 10.2. The fourth-order valence-corrected chi connectivity index (χ4v) is 3.92. The first-order chi connectivity index (χ1) is 13.0. The van der Waals surface area contributed by atoms with E-state index in [1.807, 2.05) is 0 Å². The first kappa shape index (κ1) is 24.1. The molecule has 0 aliphatic rings. The molecule has 1 unspecified atom stereocenters. The van der Waals surface area contributed by atoms with Gasteiger partial charge in [0.05, 0.1) is 21.3 Å². The minimum absolute atomic E-state index is 0.00914. The van der Waals surface area contributed by atoms with E-state index in [1.165, 1.54) is 12.1 Å². The highest BCUT2D eigenvalue weighted by Gasteiger charge is 2.35. The van der Waals surface area contributed by atoms with Crippen LogP contribution in [0.15, 0.2) is 40.9 Å². The van der Waals surface area contributed by atoms with Gasteiger partial charge in [0.1, 0.15) is 6.17 Å². The third-order valence-corrected chi connectivity index (χ3v) is 5.62. The molecule has 3 N–H and O–H groups in total. The minimum atomic E-state index is -1.92. The smallest absolute Gasteiger partial charge is 0.254 e. The molecule has 1 amide bonds. The molecule has 2 aromatic rings. The first-order valence-electron chi connectivity index (χ1n) is 7.33. The summed E-state index contributed by atoms with van der Waals surface area (Å²) in [6.45, 7) is 0. The van der Waals surface area contributed by atoms with Crippen molar-refractivity contribution in [3.63, 3.8) is 0 Å². The van der Waals surface area contributed by atoms with Crippen LogP contribution in [-0.2, 0) is 0 Å². The van der Waals surface area contributed by atoms with E-state index in [1.54, 1.807) is 24.3 Å². The Hall–Kier alpha value is -0.180. The molecule has 0 saturated heterocycles. The maximum Gasteiger partial charge on any atom is 0.254 e. The van der Waals surface area contributed by atoms with Crippen LogP contribution in [-0.4, -0.2) is 21.0 Å². The molecular weight excluding hydrogens is 575 g/mol. The van der Waals surface area contributed by atoms with Crippen molar-refractivity contribution < 1.29 is 4.79 Å². The molecular formula is C16H10BrCl6N3OS. The normalized spacial score (nSPS) is 12.2. The van der Waals surface area contributed by atoms with E-state index in [-0.39, 0.29) is 15.2 Å². The second-order valence-corrected chi connectivity index (χ2v) is 10.2. The number of hydrogen-bond donors (Lipinski definition) is 3. The van der Waals surface area contributed by atoms with Crippen LogP contribution in [0.1, 0.15) is 10.4 Å². The molecule has 0 radical (unpaired) electrons. The predicted octanol–water partition coefficient (Wildman–Crippen LogP) is 6.82. The third-order valence-electron chi connectivity index (χ3n) is 3.24. The highest BCUT2D eigenvalue weighted by molar-refractivity contribution is 9.10. The second-order valence-electron chi connectivity index (χ2n) is 5.27. The molecule has 0 heterocycles. The molecule has 0 aliphatic carbocycles. The minimum Gasteiger partial charge on any atom is -0.339 e. The Morgan fingerprint density at radius 3 is 2.14 bits per heavy atom. The lowest BCUT2D eigenvalue weighted by Gasteiger charge is -2.28. The summed E-state index contributed by atoms with van der Waals surface area (Å²) in [7, 11) is 0. The number of amides is 1. The maximum atomic E-state index is 12.5. The lowest BCUT2D eigenvalue weighted by molar-refractivity contribution is 0.0934. The largest absolute Gasteiger partial charge is 0.339 e. The van der Waals surface area contributed by atoms with Crippen LogP contribution >= 0.6 is 97.8 Å². The van der Waals surface area contributed by atoms with Crippen LogP contribution < -0.4 is 16.0 Å².